The molecule has 0 radical (unpaired) electrons. The van der Waals surface area contributed by atoms with Gasteiger partial charge in [0.15, 0.2) is 0 Å². The van der Waals surface area contributed by atoms with E-state index in [9.17, 15) is 18.8 Å². The molecule has 4 rings (SSSR count). The molecule has 2 heterocycles. The zero-order chi connectivity index (χ0) is 28.9. The molecule has 12 heteroatoms. The summed E-state index contributed by atoms with van der Waals surface area (Å²) >= 11 is 1.66. The van der Waals surface area contributed by atoms with Crippen molar-refractivity contribution in [2.45, 2.75) is 30.7 Å². The van der Waals surface area contributed by atoms with E-state index in [2.05, 4.69) is 20.4 Å². The summed E-state index contributed by atoms with van der Waals surface area (Å²) in [6.45, 7) is 3.47. The Hall–Kier alpha value is -4.03. The molecule has 1 amide bonds. The lowest BCUT2D eigenvalue weighted by atomic mass is 9.93. The summed E-state index contributed by atoms with van der Waals surface area (Å²) in [6.07, 6.45) is 6.24. The number of carboxylic acids is 2. The number of carboxylic acid groups (broad SMARTS) is 2. The Labute approximate surface area is 235 Å². The summed E-state index contributed by atoms with van der Waals surface area (Å²) in [5, 5.41) is 22.4. The summed E-state index contributed by atoms with van der Waals surface area (Å²) in [7, 11) is 0. The van der Waals surface area contributed by atoms with E-state index in [1.54, 1.807) is 11.8 Å². The van der Waals surface area contributed by atoms with Gasteiger partial charge >= 0.3 is 11.9 Å². The monoisotopic (exact) mass is 570 g/mol. The summed E-state index contributed by atoms with van der Waals surface area (Å²) < 4.78 is 18.3. The molecule has 0 saturated carbocycles. The molecule has 2 aromatic carbocycles. The van der Waals surface area contributed by atoms with Crippen molar-refractivity contribution in [2.75, 3.05) is 25.9 Å². The van der Waals surface area contributed by atoms with E-state index >= 15 is 0 Å². The Morgan fingerprint density at radius 1 is 1.05 bits per heavy atom. The third-order valence-corrected chi connectivity index (χ3v) is 6.94. The van der Waals surface area contributed by atoms with E-state index in [-0.39, 0.29) is 17.5 Å². The van der Waals surface area contributed by atoms with E-state index < -0.39 is 11.9 Å². The van der Waals surface area contributed by atoms with E-state index in [0.717, 1.165) is 54.9 Å². The number of carbonyl (C=O) groups is 3. The fourth-order valence-corrected chi connectivity index (χ4v) is 4.47. The van der Waals surface area contributed by atoms with Crippen LogP contribution < -0.4 is 5.32 Å². The molecule has 1 aromatic heterocycles. The van der Waals surface area contributed by atoms with Gasteiger partial charge in [-0.2, -0.15) is 4.98 Å². The molecule has 1 fully saturated rings. The molecule has 0 spiro atoms. The van der Waals surface area contributed by atoms with Gasteiger partial charge in [-0.05, 0) is 86.5 Å². The number of aliphatic carboxylic acids is 2. The minimum absolute atomic E-state index is 0.0584. The largest absolute Gasteiger partial charge is 0.478 e. The average Bonchev–Trinajstić information content (AvgIpc) is 3.45. The Morgan fingerprint density at radius 2 is 1.68 bits per heavy atom. The molecule has 10 nitrogen and oxygen atoms in total. The van der Waals surface area contributed by atoms with Crippen LogP contribution in [-0.2, 0) is 16.1 Å². The number of carbonyl (C=O) groups excluding carboxylic acids is 1. The molecule has 1 saturated heterocycles. The van der Waals surface area contributed by atoms with Crippen LogP contribution in [0.2, 0.25) is 0 Å². The lowest BCUT2D eigenvalue weighted by molar-refractivity contribution is -0.134. The number of hydrogen-bond donors (Lipinski definition) is 3. The first-order chi connectivity index (χ1) is 19.2. The van der Waals surface area contributed by atoms with Crippen molar-refractivity contribution < 1.29 is 33.5 Å². The quantitative estimate of drug-likeness (QED) is 0.238. The van der Waals surface area contributed by atoms with Crippen LogP contribution in [0.25, 0.3) is 11.5 Å². The minimum Gasteiger partial charge on any atom is -0.478 e. The maximum absolute atomic E-state index is 13.0. The second-order valence-electron chi connectivity index (χ2n) is 9.05. The number of rotatable bonds is 10. The maximum Gasteiger partial charge on any atom is 0.328 e. The van der Waals surface area contributed by atoms with E-state index in [4.69, 9.17) is 14.7 Å². The Balaban J connectivity index is 0.000000482. The highest BCUT2D eigenvalue weighted by Crippen LogP contribution is 2.23. The van der Waals surface area contributed by atoms with Gasteiger partial charge in [-0.1, -0.05) is 17.3 Å². The minimum atomic E-state index is -1.26. The lowest BCUT2D eigenvalue weighted by Gasteiger charge is -2.32. The highest BCUT2D eigenvalue weighted by Gasteiger charge is 2.20. The molecule has 1 aliphatic rings. The summed E-state index contributed by atoms with van der Waals surface area (Å²) in [5.41, 5.74) is 1.93. The smallest absolute Gasteiger partial charge is 0.328 e. The van der Waals surface area contributed by atoms with Gasteiger partial charge in [0.2, 0.25) is 0 Å². The van der Waals surface area contributed by atoms with E-state index in [1.807, 2.05) is 42.7 Å². The Morgan fingerprint density at radius 3 is 2.25 bits per heavy atom. The summed E-state index contributed by atoms with van der Waals surface area (Å²) in [6, 6.07) is 14.5. The zero-order valence-electron chi connectivity index (χ0n) is 22.0. The van der Waals surface area contributed by atoms with Crippen molar-refractivity contribution in [3.8, 4) is 11.5 Å². The second kappa shape index (κ2) is 15.5. The van der Waals surface area contributed by atoms with Crippen molar-refractivity contribution in [2.24, 2.45) is 5.92 Å². The second-order valence-corrected chi connectivity index (χ2v) is 9.93. The van der Waals surface area contributed by atoms with E-state index in [0.29, 0.717) is 30.5 Å². The van der Waals surface area contributed by atoms with Crippen LogP contribution in [0.5, 0.6) is 0 Å². The van der Waals surface area contributed by atoms with Crippen LogP contribution in [0, 0.1) is 11.7 Å². The Bertz CT molecular complexity index is 1270. The lowest BCUT2D eigenvalue weighted by Crippen LogP contribution is -2.35. The van der Waals surface area contributed by atoms with Crippen molar-refractivity contribution in [3.05, 3.63) is 77.9 Å². The van der Waals surface area contributed by atoms with E-state index in [1.165, 1.54) is 12.1 Å². The van der Waals surface area contributed by atoms with Crippen molar-refractivity contribution in [1.82, 2.24) is 20.4 Å². The molecule has 0 bridgehead atoms. The highest BCUT2D eigenvalue weighted by molar-refractivity contribution is 7.98. The number of hydrogen-bond acceptors (Lipinski definition) is 8. The van der Waals surface area contributed by atoms with Gasteiger partial charge in [0.1, 0.15) is 5.82 Å². The Kier molecular flexibility index (Phi) is 11.8. The number of amides is 1. The van der Waals surface area contributed by atoms with Crippen LogP contribution in [0.4, 0.5) is 4.39 Å². The SMILES string of the molecule is CSc1ccc(-c2nc(C(=O)NCCC3CCN(Cc4ccc(F)cc4)CC3)no2)cc1.O=C(O)/C=C/C(=O)O. The first-order valence-electron chi connectivity index (χ1n) is 12.6. The number of halogens is 1. The predicted molar refractivity (Wildman–Crippen MR) is 147 cm³/mol. The molecule has 3 N–H and O–H groups in total. The summed E-state index contributed by atoms with van der Waals surface area (Å²) in [4.78, 5) is 39.3. The molecule has 0 aliphatic carbocycles. The molecule has 0 atom stereocenters. The molecular formula is C28H31FN4O6S. The molecular weight excluding hydrogens is 539 g/mol. The molecule has 0 unspecified atom stereocenters. The highest BCUT2D eigenvalue weighted by atomic mass is 32.2. The van der Waals surface area contributed by atoms with Crippen LogP contribution in [0.15, 0.2) is 70.1 Å². The third kappa shape index (κ3) is 10.3. The van der Waals surface area contributed by atoms with Gasteiger partial charge in [0.25, 0.3) is 17.6 Å². The fourth-order valence-electron chi connectivity index (χ4n) is 4.06. The van der Waals surface area contributed by atoms with Crippen molar-refractivity contribution in [3.63, 3.8) is 0 Å². The van der Waals surface area contributed by atoms with Crippen LogP contribution >= 0.6 is 11.8 Å². The average molecular weight is 571 g/mol. The number of piperidine rings is 1. The fraction of sp³-hybridized carbons (Fsp3) is 0.321. The number of nitrogens with zero attached hydrogens (tertiary/aromatic N) is 3. The first kappa shape index (κ1) is 30.5. The van der Waals surface area contributed by atoms with Crippen molar-refractivity contribution in [1.29, 1.82) is 0 Å². The number of aromatic nitrogens is 2. The number of likely N-dealkylation sites (tertiary alicyclic amines) is 1. The molecule has 3 aromatic rings. The van der Waals surface area contributed by atoms with Crippen LogP contribution in [-0.4, -0.2) is 69.0 Å². The normalized spacial score (nSPS) is 13.9. The standard InChI is InChI=1S/C24H27FN4O2S.C4H4O4/c1-32-21-8-4-19(5-9-21)24-27-22(28-31-24)23(30)26-13-10-17-11-14-29(15-12-17)16-18-2-6-20(25)7-3-18;5-3(6)1-2-4(7)8/h2-9,17H,10-16H2,1H3,(H,26,30);1-2H,(H,5,6)(H,7,8)/b;2-1+. The van der Waals surface area contributed by atoms with Crippen LogP contribution in [0.1, 0.15) is 35.4 Å². The first-order valence-corrected chi connectivity index (χ1v) is 13.8. The van der Waals surface area contributed by atoms with Gasteiger partial charge in [0.05, 0.1) is 0 Å². The molecule has 212 valence electrons. The summed E-state index contributed by atoms with van der Waals surface area (Å²) in [5.74, 6) is -2.04. The van der Waals surface area contributed by atoms with Gasteiger partial charge in [0, 0.05) is 35.7 Å². The predicted octanol–water partition coefficient (Wildman–Crippen LogP) is 4.34. The third-order valence-electron chi connectivity index (χ3n) is 6.20. The topological polar surface area (TPSA) is 146 Å². The van der Waals surface area contributed by atoms with Crippen molar-refractivity contribution >= 4 is 29.6 Å². The zero-order valence-corrected chi connectivity index (χ0v) is 22.8. The van der Waals surface area contributed by atoms with Gasteiger partial charge in [-0.3, -0.25) is 9.69 Å². The number of thioether (sulfide) groups is 1. The maximum atomic E-state index is 13.0. The molecule has 1 aliphatic heterocycles. The van der Waals surface area contributed by atoms with Crippen LogP contribution in [0.3, 0.4) is 0 Å². The van der Waals surface area contributed by atoms with Gasteiger partial charge < -0.3 is 20.1 Å². The number of nitrogens with one attached hydrogen (secondary N) is 1. The van der Waals surface area contributed by atoms with Gasteiger partial charge in [-0.15, -0.1) is 11.8 Å². The van der Waals surface area contributed by atoms with Gasteiger partial charge in [-0.25, -0.2) is 14.0 Å². The molecule has 40 heavy (non-hydrogen) atoms. The number of benzene rings is 2.